The zero-order chi connectivity index (χ0) is 12.6. The molecule has 0 aromatic rings. The lowest BCUT2D eigenvalue weighted by atomic mass is 10.0. The van der Waals surface area contributed by atoms with Gasteiger partial charge in [-0.1, -0.05) is 0 Å². The number of nitrogens with zero attached hydrogens (tertiary/aromatic N) is 1. The number of aliphatic hydroxyl groups is 1. The summed E-state index contributed by atoms with van der Waals surface area (Å²) in [6.07, 6.45) is 1.99. The molecular formula is C13H23NO3. The Kier molecular flexibility index (Phi) is 3.34. The van der Waals surface area contributed by atoms with Gasteiger partial charge in [-0.25, -0.2) is 4.79 Å². The van der Waals surface area contributed by atoms with Gasteiger partial charge >= 0.3 is 6.09 Å². The van der Waals surface area contributed by atoms with Crippen molar-refractivity contribution in [1.82, 2.24) is 4.90 Å². The van der Waals surface area contributed by atoms with Crippen molar-refractivity contribution >= 4 is 6.09 Å². The second-order valence-corrected chi connectivity index (χ2v) is 6.32. The summed E-state index contributed by atoms with van der Waals surface area (Å²) in [4.78, 5) is 13.7. The molecule has 1 saturated heterocycles. The molecule has 0 aromatic heterocycles. The van der Waals surface area contributed by atoms with Gasteiger partial charge < -0.3 is 14.7 Å². The van der Waals surface area contributed by atoms with E-state index in [1.165, 1.54) is 0 Å². The average molecular weight is 241 g/mol. The van der Waals surface area contributed by atoms with Crippen LogP contribution in [0.5, 0.6) is 0 Å². The number of hydrogen-bond acceptors (Lipinski definition) is 3. The largest absolute Gasteiger partial charge is 0.444 e. The van der Waals surface area contributed by atoms with Gasteiger partial charge in [-0.2, -0.15) is 0 Å². The number of rotatable bonds is 2. The molecule has 1 amide bonds. The lowest BCUT2D eigenvalue weighted by Gasteiger charge is -2.24. The predicted octanol–water partition coefficient (Wildman–Crippen LogP) is 1.87. The first kappa shape index (κ1) is 12.7. The number of aliphatic hydroxyl groups excluding tert-OH is 1. The Balaban J connectivity index is 1.80. The van der Waals surface area contributed by atoms with Crippen LogP contribution in [0.1, 0.15) is 33.6 Å². The molecule has 1 heterocycles. The predicted molar refractivity (Wildman–Crippen MR) is 64.6 cm³/mol. The molecule has 2 rings (SSSR count). The average Bonchev–Trinajstić information content (AvgIpc) is 2.83. The quantitative estimate of drug-likeness (QED) is 0.803. The Bertz CT molecular complexity index is 298. The van der Waals surface area contributed by atoms with Crippen LogP contribution in [-0.4, -0.2) is 41.4 Å². The van der Waals surface area contributed by atoms with Crippen LogP contribution in [0.4, 0.5) is 4.79 Å². The van der Waals surface area contributed by atoms with Gasteiger partial charge in [-0.15, -0.1) is 0 Å². The molecule has 1 saturated carbocycles. The molecule has 98 valence electrons. The Morgan fingerprint density at radius 1 is 1.47 bits per heavy atom. The third-order valence-electron chi connectivity index (χ3n) is 3.69. The van der Waals surface area contributed by atoms with Crippen LogP contribution in [0, 0.1) is 17.8 Å². The van der Waals surface area contributed by atoms with Crippen LogP contribution in [0.2, 0.25) is 0 Å². The van der Waals surface area contributed by atoms with Crippen molar-refractivity contribution in [2.45, 2.75) is 39.2 Å². The first-order valence-electron chi connectivity index (χ1n) is 6.49. The van der Waals surface area contributed by atoms with Gasteiger partial charge in [0.05, 0.1) is 0 Å². The molecule has 2 fully saturated rings. The van der Waals surface area contributed by atoms with Crippen molar-refractivity contribution in [2.75, 3.05) is 19.7 Å². The summed E-state index contributed by atoms with van der Waals surface area (Å²) in [5.41, 5.74) is -0.414. The van der Waals surface area contributed by atoms with E-state index in [-0.39, 0.29) is 6.09 Å². The number of amides is 1. The van der Waals surface area contributed by atoms with Crippen LogP contribution in [0.3, 0.4) is 0 Å². The lowest BCUT2D eigenvalue weighted by molar-refractivity contribution is 0.0286. The van der Waals surface area contributed by atoms with E-state index in [0.29, 0.717) is 24.4 Å². The minimum Gasteiger partial charge on any atom is -0.444 e. The second kappa shape index (κ2) is 4.48. The summed E-state index contributed by atoms with van der Waals surface area (Å²) in [5.74, 6) is 1.69. The zero-order valence-corrected chi connectivity index (χ0v) is 11.0. The van der Waals surface area contributed by atoms with E-state index >= 15 is 0 Å². The van der Waals surface area contributed by atoms with Gasteiger partial charge in [0, 0.05) is 19.7 Å². The summed E-state index contributed by atoms with van der Waals surface area (Å²) in [7, 11) is 0. The Hall–Kier alpha value is -0.770. The van der Waals surface area contributed by atoms with Gasteiger partial charge in [0.1, 0.15) is 5.60 Å². The standard InChI is InChI=1S/C13H23NO3/c1-13(2,3)17-12(16)14-5-4-9(7-14)11-6-10(11)8-15/h9-11,15H,4-8H2,1-3H3/t9?,10-,11-/m0/s1. The molecule has 0 spiro atoms. The summed E-state index contributed by atoms with van der Waals surface area (Å²) >= 11 is 0. The van der Waals surface area contributed by atoms with E-state index in [0.717, 1.165) is 25.9 Å². The monoisotopic (exact) mass is 241 g/mol. The fraction of sp³-hybridized carbons (Fsp3) is 0.923. The lowest BCUT2D eigenvalue weighted by Crippen LogP contribution is -2.35. The van der Waals surface area contributed by atoms with Crippen molar-refractivity contribution in [1.29, 1.82) is 0 Å². The molecule has 1 N–H and O–H groups in total. The Morgan fingerprint density at radius 3 is 2.71 bits per heavy atom. The maximum Gasteiger partial charge on any atom is 0.410 e. The summed E-state index contributed by atoms with van der Waals surface area (Å²) in [5, 5.41) is 9.06. The van der Waals surface area contributed by atoms with Gasteiger partial charge in [-0.3, -0.25) is 0 Å². The second-order valence-electron chi connectivity index (χ2n) is 6.32. The van der Waals surface area contributed by atoms with Crippen molar-refractivity contribution in [3.63, 3.8) is 0 Å². The van der Waals surface area contributed by atoms with E-state index in [4.69, 9.17) is 9.84 Å². The molecule has 4 nitrogen and oxygen atoms in total. The van der Waals surface area contributed by atoms with Crippen molar-refractivity contribution in [3.05, 3.63) is 0 Å². The maximum atomic E-state index is 11.9. The number of hydrogen-bond donors (Lipinski definition) is 1. The maximum absolute atomic E-state index is 11.9. The van der Waals surface area contributed by atoms with Crippen LogP contribution in [-0.2, 0) is 4.74 Å². The minimum atomic E-state index is -0.414. The molecule has 1 unspecified atom stereocenters. The fourth-order valence-corrected chi connectivity index (χ4v) is 2.69. The van der Waals surface area contributed by atoms with E-state index in [2.05, 4.69) is 0 Å². The fourth-order valence-electron chi connectivity index (χ4n) is 2.69. The number of carbonyl (C=O) groups excluding carboxylic acids is 1. The first-order chi connectivity index (χ1) is 7.90. The molecule has 4 heteroatoms. The summed E-state index contributed by atoms with van der Waals surface area (Å²) in [6.45, 7) is 7.57. The highest BCUT2D eigenvalue weighted by molar-refractivity contribution is 5.68. The molecule has 1 aliphatic heterocycles. The topological polar surface area (TPSA) is 49.8 Å². The summed E-state index contributed by atoms with van der Waals surface area (Å²) < 4.78 is 5.36. The van der Waals surface area contributed by atoms with E-state index < -0.39 is 5.60 Å². The molecule has 1 aliphatic carbocycles. The highest BCUT2D eigenvalue weighted by Crippen LogP contribution is 2.47. The third kappa shape index (κ3) is 3.12. The Labute approximate surface area is 103 Å². The SMILES string of the molecule is CC(C)(C)OC(=O)N1CCC([C@@H]2C[C@H]2CO)C1. The smallest absolute Gasteiger partial charge is 0.410 e. The molecule has 2 aliphatic rings. The highest BCUT2D eigenvalue weighted by atomic mass is 16.6. The van der Waals surface area contributed by atoms with Crippen LogP contribution in [0.15, 0.2) is 0 Å². The Morgan fingerprint density at radius 2 is 2.18 bits per heavy atom. The highest BCUT2D eigenvalue weighted by Gasteiger charge is 2.45. The van der Waals surface area contributed by atoms with Gasteiger partial charge in [0.25, 0.3) is 0 Å². The van der Waals surface area contributed by atoms with Crippen molar-refractivity contribution < 1.29 is 14.6 Å². The van der Waals surface area contributed by atoms with Gasteiger partial charge in [-0.05, 0) is 51.4 Å². The van der Waals surface area contributed by atoms with Crippen LogP contribution >= 0.6 is 0 Å². The van der Waals surface area contributed by atoms with Gasteiger partial charge in [0.15, 0.2) is 0 Å². The normalized spacial score (nSPS) is 32.7. The van der Waals surface area contributed by atoms with Crippen LogP contribution < -0.4 is 0 Å². The zero-order valence-electron chi connectivity index (χ0n) is 11.0. The number of ether oxygens (including phenoxy) is 1. The molecule has 0 bridgehead atoms. The van der Waals surface area contributed by atoms with E-state index in [1.54, 1.807) is 0 Å². The van der Waals surface area contributed by atoms with Crippen molar-refractivity contribution in [3.8, 4) is 0 Å². The van der Waals surface area contributed by atoms with Crippen LogP contribution in [0.25, 0.3) is 0 Å². The molecule has 3 atom stereocenters. The van der Waals surface area contributed by atoms with Gasteiger partial charge in [0.2, 0.25) is 0 Å². The van der Waals surface area contributed by atoms with E-state index in [9.17, 15) is 4.79 Å². The molecular weight excluding hydrogens is 218 g/mol. The molecule has 17 heavy (non-hydrogen) atoms. The van der Waals surface area contributed by atoms with Crippen molar-refractivity contribution in [2.24, 2.45) is 17.8 Å². The molecule has 0 aromatic carbocycles. The van der Waals surface area contributed by atoms with E-state index in [1.807, 2.05) is 25.7 Å². The number of likely N-dealkylation sites (tertiary alicyclic amines) is 1. The summed E-state index contributed by atoms with van der Waals surface area (Å²) in [6, 6.07) is 0. The third-order valence-corrected chi connectivity index (χ3v) is 3.69. The number of carbonyl (C=O) groups is 1. The minimum absolute atomic E-state index is 0.193. The first-order valence-corrected chi connectivity index (χ1v) is 6.49. The molecule has 0 radical (unpaired) electrons.